The Hall–Kier alpha value is -5.91. The zero-order chi connectivity index (χ0) is 46.4. The lowest BCUT2D eigenvalue weighted by atomic mass is 10.2. The van der Waals surface area contributed by atoms with E-state index in [2.05, 4.69) is 0 Å². The molecule has 13 N–H and O–H groups in total. The predicted molar refractivity (Wildman–Crippen MR) is 174 cm³/mol. The van der Waals surface area contributed by atoms with Gasteiger partial charge in [-0.05, 0) is 12.1 Å². The Bertz CT molecular complexity index is 1800. The number of hydrogen-bond donors (Lipinski definition) is 13. The Morgan fingerprint density at radius 3 is 0.614 bits per heavy atom. The normalized spacial score (nSPS) is 13.0. The van der Waals surface area contributed by atoms with Crippen LogP contribution in [0.4, 0.5) is 0 Å². The fourth-order valence-electron chi connectivity index (χ4n) is 2.50. The van der Waals surface area contributed by atoms with E-state index in [1.54, 1.807) is 30.3 Å². The fraction of sp³-hybridized carbons (Fsp3) is 0.348. The number of rotatable bonds is 17. The highest BCUT2D eigenvalue weighted by molar-refractivity contribution is 7.88. The van der Waals surface area contributed by atoms with Gasteiger partial charge in [0.2, 0.25) is 0 Å². The van der Waals surface area contributed by atoms with Crippen LogP contribution in [0, 0.1) is 0 Å². The topological polar surface area (TPSA) is 553 Å². The Morgan fingerprint density at radius 1 is 0.368 bits per heavy atom. The molecule has 0 aliphatic heterocycles. The van der Waals surface area contributed by atoms with Crippen molar-refractivity contribution in [2.75, 3.05) is 0 Å². The summed E-state index contributed by atoms with van der Waals surface area (Å²) in [5.41, 5.74) is 0.331. The lowest BCUT2D eigenvalue weighted by Crippen LogP contribution is -2.31. The van der Waals surface area contributed by atoms with Gasteiger partial charge in [0, 0.05) is 0 Å². The molecular formula is C23H30O30S4. The predicted octanol–water partition coefficient (Wildman–Crippen LogP) is -3.41. The van der Waals surface area contributed by atoms with Gasteiger partial charge in [-0.25, -0.2) is 4.79 Å². The molecule has 0 heterocycles. The molecule has 0 aliphatic rings. The summed E-state index contributed by atoms with van der Waals surface area (Å²) in [4.78, 5) is 90.2. The van der Waals surface area contributed by atoms with E-state index < -0.39 is 141 Å². The number of carboxylic acids is 9. The van der Waals surface area contributed by atoms with E-state index in [4.69, 9.17) is 64.2 Å². The Morgan fingerprint density at radius 2 is 0.544 bits per heavy atom. The number of carbonyl (C=O) groups is 9. The molecule has 34 heteroatoms. The minimum atomic E-state index is -4.84. The van der Waals surface area contributed by atoms with Gasteiger partial charge in [0.25, 0.3) is 40.5 Å². The average Bonchev–Trinajstić information content (AvgIpc) is 2.99. The van der Waals surface area contributed by atoms with Crippen molar-refractivity contribution in [3.63, 3.8) is 0 Å². The maximum absolute atomic E-state index is 10.2. The van der Waals surface area contributed by atoms with Gasteiger partial charge in [-0.15, -0.1) is 0 Å². The van der Waals surface area contributed by atoms with Crippen LogP contribution in [-0.2, 0) is 78.8 Å². The molecule has 0 fully saturated rings. The fourth-order valence-corrected chi connectivity index (χ4v) is 4.93. The summed E-state index contributed by atoms with van der Waals surface area (Å²) < 4.78 is 115. The summed E-state index contributed by atoms with van der Waals surface area (Å²) >= 11 is 0. The van der Waals surface area contributed by atoms with Gasteiger partial charge in [0.15, 0.2) is 21.0 Å². The summed E-state index contributed by atoms with van der Waals surface area (Å²) in [6.07, 6.45) is -4.63. The van der Waals surface area contributed by atoms with Gasteiger partial charge in [-0.2, -0.15) is 33.7 Å². The zero-order valence-electron chi connectivity index (χ0n) is 27.4. The first-order valence-electron chi connectivity index (χ1n) is 13.2. The van der Waals surface area contributed by atoms with Crippen LogP contribution in [0.1, 0.15) is 36.0 Å². The third kappa shape index (κ3) is 30.0. The lowest BCUT2D eigenvalue weighted by Gasteiger charge is -2.04. The largest absolute Gasteiger partial charge is 0.481 e. The minimum Gasteiger partial charge on any atom is -0.481 e. The molecule has 326 valence electrons. The van der Waals surface area contributed by atoms with E-state index >= 15 is 0 Å². The van der Waals surface area contributed by atoms with Crippen molar-refractivity contribution in [2.45, 2.75) is 46.7 Å². The molecule has 0 saturated heterocycles. The molecule has 0 radical (unpaired) electrons. The smallest absolute Gasteiger partial charge is 0.335 e. The quantitative estimate of drug-likeness (QED) is 0.0677. The Kier molecular flexibility index (Phi) is 25.6. The maximum atomic E-state index is 10.2. The second-order valence-corrected chi connectivity index (χ2v) is 15.8. The van der Waals surface area contributed by atoms with Crippen molar-refractivity contribution in [3.8, 4) is 0 Å². The lowest BCUT2D eigenvalue weighted by molar-refractivity contribution is -0.143. The van der Waals surface area contributed by atoms with Gasteiger partial charge in [-0.3, -0.25) is 56.6 Å². The van der Waals surface area contributed by atoms with Gasteiger partial charge in [-0.1, -0.05) is 18.2 Å². The molecule has 4 atom stereocenters. The van der Waals surface area contributed by atoms with Crippen molar-refractivity contribution in [3.05, 3.63) is 35.9 Å². The molecule has 1 rings (SSSR count). The summed E-state index contributed by atoms with van der Waals surface area (Å²) in [6.45, 7) is 0. The molecule has 1 aromatic carbocycles. The minimum absolute atomic E-state index is 0.331. The Labute approximate surface area is 317 Å². The van der Waals surface area contributed by atoms with Crippen LogP contribution in [0.15, 0.2) is 30.3 Å². The second kappa shape index (κ2) is 25.3. The molecule has 4 unspecified atom stereocenters. The molecule has 1 aromatic rings. The van der Waals surface area contributed by atoms with Crippen molar-refractivity contribution >= 4 is 94.2 Å². The molecule has 0 saturated carbocycles. The SMILES string of the molecule is O=C(O)CC(C(=O)O)S(=O)(=O)O.O=C(O)CC(C(=O)O)S(=O)(=O)O.O=C(O)CC(C(=O)O)S(=O)(=O)O.O=C(O)CC(C(=O)O)S(=O)(=O)O.O=C(O)c1ccccc1. The maximum Gasteiger partial charge on any atom is 0.335 e. The van der Waals surface area contributed by atoms with Crippen LogP contribution in [0.3, 0.4) is 0 Å². The third-order valence-corrected chi connectivity index (χ3v) is 9.35. The van der Waals surface area contributed by atoms with Gasteiger partial charge in [0.05, 0.1) is 31.2 Å². The van der Waals surface area contributed by atoms with Crippen LogP contribution in [0.25, 0.3) is 0 Å². The van der Waals surface area contributed by atoms with Crippen molar-refractivity contribution in [2.24, 2.45) is 0 Å². The number of aromatic carboxylic acids is 1. The van der Waals surface area contributed by atoms with Gasteiger partial charge in [0.1, 0.15) is 0 Å². The van der Waals surface area contributed by atoms with Crippen LogP contribution in [-0.4, -0.2) is 173 Å². The first-order chi connectivity index (χ1) is 25.3. The molecule has 0 amide bonds. The first-order valence-corrected chi connectivity index (χ1v) is 19.2. The van der Waals surface area contributed by atoms with Crippen molar-refractivity contribution < 1.29 is 141 Å². The molecule has 0 bridgehead atoms. The number of carboxylic acid groups (broad SMARTS) is 9. The highest BCUT2D eigenvalue weighted by Gasteiger charge is 2.35. The molecule has 0 aromatic heterocycles. The van der Waals surface area contributed by atoms with E-state index in [0.29, 0.717) is 5.56 Å². The van der Waals surface area contributed by atoms with Crippen LogP contribution >= 0.6 is 0 Å². The number of aliphatic carboxylic acids is 8. The molecular weight excluding hydrogens is 884 g/mol. The molecule has 0 spiro atoms. The number of hydrogen-bond acceptors (Lipinski definition) is 17. The van der Waals surface area contributed by atoms with Crippen molar-refractivity contribution in [1.82, 2.24) is 0 Å². The molecule has 0 aliphatic carbocycles. The highest BCUT2D eigenvalue weighted by atomic mass is 32.2. The summed E-state index contributed by atoms with van der Waals surface area (Å²) in [6, 6.07) is 8.30. The first kappa shape index (κ1) is 57.8. The van der Waals surface area contributed by atoms with Crippen LogP contribution < -0.4 is 0 Å². The average molecular weight is 915 g/mol. The van der Waals surface area contributed by atoms with Gasteiger partial charge >= 0.3 is 53.7 Å². The monoisotopic (exact) mass is 914 g/mol. The van der Waals surface area contributed by atoms with E-state index in [9.17, 15) is 76.8 Å². The van der Waals surface area contributed by atoms with E-state index in [1.807, 2.05) is 0 Å². The summed E-state index contributed by atoms with van der Waals surface area (Å²) in [5.74, 6) is -14.9. The zero-order valence-corrected chi connectivity index (χ0v) is 30.7. The van der Waals surface area contributed by atoms with E-state index in [0.717, 1.165) is 0 Å². The summed E-state index contributed by atoms with van der Waals surface area (Å²) in [5, 5.41) is 64.0. The number of benzene rings is 1. The van der Waals surface area contributed by atoms with E-state index in [-0.39, 0.29) is 0 Å². The van der Waals surface area contributed by atoms with Crippen molar-refractivity contribution in [1.29, 1.82) is 0 Å². The third-order valence-electron chi connectivity index (χ3n) is 5.00. The molecule has 30 nitrogen and oxygen atoms in total. The second-order valence-electron chi connectivity index (χ2n) is 9.43. The Balaban J connectivity index is -0.000000309. The van der Waals surface area contributed by atoms with E-state index in [1.165, 1.54) is 0 Å². The highest BCUT2D eigenvalue weighted by Crippen LogP contribution is 2.06. The van der Waals surface area contributed by atoms with Gasteiger partial charge < -0.3 is 46.0 Å². The standard InChI is InChI=1S/C7H6O2.4C4H6O7S/c8-7(9)6-4-2-1-3-5-6;4*5-3(6)1-2(4(7)8)12(9,10)11/h1-5H,(H,8,9);4*2H,1H2,(H,5,6)(H,7,8)(H,9,10,11). The molecule has 57 heavy (non-hydrogen) atoms. The van der Waals surface area contributed by atoms with Crippen LogP contribution in [0.5, 0.6) is 0 Å². The summed E-state index contributed by atoms with van der Waals surface area (Å²) in [7, 11) is -19.4. The van der Waals surface area contributed by atoms with Crippen LogP contribution in [0.2, 0.25) is 0 Å².